The van der Waals surface area contributed by atoms with E-state index in [1.165, 1.54) is 12.1 Å². The average molecular weight is 326 g/mol. The Bertz CT molecular complexity index is 852. The minimum Gasteiger partial charge on any atom is -0.502 e. The highest BCUT2D eigenvalue weighted by molar-refractivity contribution is 7.92. The topological polar surface area (TPSA) is 110 Å². The summed E-state index contributed by atoms with van der Waals surface area (Å²) < 4.78 is 40.0. The van der Waals surface area contributed by atoms with E-state index in [1.54, 1.807) is 6.92 Å². The van der Waals surface area contributed by atoms with Crippen LogP contribution in [-0.2, 0) is 10.0 Å². The van der Waals surface area contributed by atoms with Gasteiger partial charge < -0.3 is 5.11 Å². The van der Waals surface area contributed by atoms with Crippen molar-refractivity contribution in [2.24, 2.45) is 0 Å². The molecule has 0 fully saturated rings. The van der Waals surface area contributed by atoms with E-state index in [0.717, 1.165) is 18.2 Å². The molecule has 0 unspecified atom stereocenters. The van der Waals surface area contributed by atoms with Crippen LogP contribution < -0.4 is 4.72 Å². The summed E-state index contributed by atoms with van der Waals surface area (Å²) >= 11 is 0. The molecule has 0 saturated heterocycles. The maximum atomic E-state index is 13.7. The predicted molar refractivity (Wildman–Crippen MR) is 76.7 cm³/mol. The van der Waals surface area contributed by atoms with Gasteiger partial charge in [0.15, 0.2) is 5.75 Å². The molecule has 0 bridgehead atoms. The van der Waals surface area contributed by atoms with E-state index in [-0.39, 0.29) is 5.69 Å². The Morgan fingerprint density at radius 2 is 1.91 bits per heavy atom. The number of aromatic hydroxyl groups is 1. The van der Waals surface area contributed by atoms with E-state index in [0.29, 0.717) is 11.6 Å². The lowest BCUT2D eigenvalue weighted by Gasteiger charge is -2.09. The zero-order valence-corrected chi connectivity index (χ0v) is 12.1. The van der Waals surface area contributed by atoms with E-state index in [9.17, 15) is 28.0 Å². The lowest BCUT2D eigenvalue weighted by molar-refractivity contribution is -0.386. The molecule has 2 N–H and O–H groups in total. The van der Waals surface area contributed by atoms with Crippen LogP contribution in [0.1, 0.15) is 5.56 Å². The third-order valence-corrected chi connectivity index (χ3v) is 4.19. The van der Waals surface area contributed by atoms with Crippen molar-refractivity contribution in [2.45, 2.75) is 11.8 Å². The first kappa shape index (κ1) is 15.7. The second kappa shape index (κ2) is 5.60. The summed E-state index contributed by atoms with van der Waals surface area (Å²) in [6.07, 6.45) is 0. The van der Waals surface area contributed by atoms with Gasteiger partial charge in [-0.05, 0) is 36.8 Å². The van der Waals surface area contributed by atoms with Crippen LogP contribution in [-0.4, -0.2) is 18.4 Å². The number of nitrogens with one attached hydrogen (secondary N) is 1. The van der Waals surface area contributed by atoms with Gasteiger partial charge in [-0.1, -0.05) is 6.07 Å². The van der Waals surface area contributed by atoms with Gasteiger partial charge in [-0.2, -0.15) is 0 Å². The van der Waals surface area contributed by atoms with Crippen molar-refractivity contribution in [2.75, 3.05) is 4.72 Å². The molecule has 0 atom stereocenters. The number of anilines is 1. The van der Waals surface area contributed by atoms with Gasteiger partial charge in [0.05, 0.1) is 15.5 Å². The lowest BCUT2D eigenvalue weighted by Crippen LogP contribution is -2.14. The number of nitro groups is 1. The second-order valence-corrected chi connectivity index (χ2v) is 6.18. The molecule has 2 aromatic carbocycles. The van der Waals surface area contributed by atoms with E-state index < -0.39 is 37.1 Å². The molecular formula is C13H11FN2O5S. The zero-order valence-electron chi connectivity index (χ0n) is 11.3. The van der Waals surface area contributed by atoms with Gasteiger partial charge >= 0.3 is 5.69 Å². The molecule has 0 saturated carbocycles. The van der Waals surface area contributed by atoms with Crippen molar-refractivity contribution in [1.82, 2.24) is 0 Å². The summed E-state index contributed by atoms with van der Waals surface area (Å²) in [5.74, 6) is -1.43. The van der Waals surface area contributed by atoms with Crippen molar-refractivity contribution in [3.63, 3.8) is 0 Å². The summed E-state index contributed by atoms with van der Waals surface area (Å²) in [5, 5.41) is 20.0. The van der Waals surface area contributed by atoms with Crippen LogP contribution in [0.5, 0.6) is 5.75 Å². The maximum Gasteiger partial charge on any atom is 0.312 e. The van der Waals surface area contributed by atoms with Crippen molar-refractivity contribution in [1.29, 1.82) is 0 Å². The molecule has 116 valence electrons. The number of phenols is 1. The van der Waals surface area contributed by atoms with Crippen molar-refractivity contribution < 1.29 is 22.8 Å². The smallest absolute Gasteiger partial charge is 0.312 e. The highest BCUT2D eigenvalue weighted by Gasteiger charge is 2.22. The van der Waals surface area contributed by atoms with Crippen LogP contribution in [0.15, 0.2) is 41.3 Å². The molecule has 2 aromatic rings. The molecule has 0 amide bonds. The molecule has 2 rings (SSSR count). The summed E-state index contributed by atoms with van der Waals surface area (Å²) in [7, 11) is -4.23. The number of benzene rings is 2. The van der Waals surface area contributed by atoms with E-state index in [4.69, 9.17) is 0 Å². The minimum absolute atomic E-state index is 0.277. The van der Waals surface area contributed by atoms with Crippen LogP contribution in [0, 0.1) is 22.9 Å². The Morgan fingerprint density at radius 3 is 2.50 bits per heavy atom. The number of halogens is 1. The van der Waals surface area contributed by atoms with E-state index >= 15 is 0 Å². The predicted octanol–water partition coefficient (Wildman–Crippen LogP) is 2.55. The molecule has 0 aromatic heterocycles. The highest BCUT2D eigenvalue weighted by Crippen LogP contribution is 2.29. The van der Waals surface area contributed by atoms with E-state index in [2.05, 4.69) is 0 Å². The van der Waals surface area contributed by atoms with Crippen LogP contribution in [0.2, 0.25) is 0 Å². The SMILES string of the molecule is Cc1ccc(NS(=O)(=O)c2ccc(O)c([N+](=O)[O-])c2)c(F)c1. The largest absolute Gasteiger partial charge is 0.502 e. The Balaban J connectivity index is 2.42. The summed E-state index contributed by atoms with van der Waals surface area (Å²) in [5.41, 5.74) is -0.422. The Kier molecular flexibility index (Phi) is 4.00. The molecule has 9 heteroatoms. The maximum absolute atomic E-state index is 13.7. The lowest BCUT2D eigenvalue weighted by atomic mass is 10.2. The third-order valence-electron chi connectivity index (χ3n) is 2.82. The number of nitrogens with zero attached hydrogens (tertiary/aromatic N) is 1. The molecule has 0 radical (unpaired) electrons. The first-order chi connectivity index (χ1) is 10.2. The summed E-state index contributed by atoms with van der Waals surface area (Å²) in [6, 6.07) is 6.48. The van der Waals surface area contributed by atoms with Crippen molar-refractivity contribution in [3.05, 3.63) is 57.9 Å². The van der Waals surface area contributed by atoms with Gasteiger partial charge in [0.2, 0.25) is 0 Å². The van der Waals surface area contributed by atoms with E-state index in [1.807, 2.05) is 4.72 Å². The Morgan fingerprint density at radius 1 is 1.23 bits per heavy atom. The van der Waals surface area contributed by atoms with Gasteiger partial charge in [-0.3, -0.25) is 14.8 Å². The fourth-order valence-corrected chi connectivity index (χ4v) is 2.81. The molecule has 7 nitrogen and oxygen atoms in total. The van der Waals surface area contributed by atoms with Gasteiger partial charge in [-0.25, -0.2) is 12.8 Å². The number of sulfonamides is 1. The van der Waals surface area contributed by atoms with Gasteiger partial charge in [-0.15, -0.1) is 0 Å². The van der Waals surface area contributed by atoms with Crippen LogP contribution in [0.4, 0.5) is 15.8 Å². The quantitative estimate of drug-likeness (QED) is 0.663. The Labute approximate surface area is 125 Å². The second-order valence-electron chi connectivity index (χ2n) is 4.50. The average Bonchev–Trinajstić information content (AvgIpc) is 2.42. The highest BCUT2D eigenvalue weighted by atomic mass is 32.2. The first-order valence-electron chi connectivity index (χ1n) is 5.97. The van der Waals surface area contributed by atoms with Gasteiger partial charge in [0.25, 0.3) is 10.0 Å². The molecule has 22 heavy (non-hydrogen) atoms. The molecule has 0 aliphatic carbocycles. The fourth-order valence-electron chi connectivity index (χ4n) is 1.72. The monoisotopic (exact) mass is 326 g/mol. The number of rotatable bonds is 4. The normalized spacial score (nSPS) is 11.2. The molecule has 0 aliphatic heterocycles. The first-order valence-corrected chi connectivity index (χ1v) is 7.45. The number of hydrogen-bond donors (Lipinski definition) is 2. The number of aryl methyl sites for hydroxylation is 1. The van der Waals surface area contributed by atoms with Crippen molar-refractivity contribution in [3.8, 4) is 5.75 Å². The molecular weight excluding hydrogens is 315 g/mol. The van der Waals surface area contributed by atoms with Crippen LogP contribution >= 0.6 is 0 Å². The minimum atomic E-state index is -4.23. The Hall–Kier alpha value is -2.68. The number of hydrogen-bond acceptors (Lipinski definition) is 5. The van der Waals surface area contributed by atoms with Crippen LogP contribution in [0.3, 0.4) is 0 Å². The summed E-state index contributed by atoms with van der Waals surface area (Å²) in [6.45, 7) is 1.64. The van der Waals surface area contributed by atoms with Crippen molar-refractivity contribution >= 4 is 21.4 Å². The molecule has 0 aliphatic rings. The standard InChI is InChI=1S/C13H11FN2O5S/c1-8-2-4-11(10(14)6-8)15-22(20,21)9-3-5-13(17)12(7-9)16(18)19/h2-7,15,17H,1H3. The fraction of sp³-hybridized carbons (Fsp3) is 0.0769. The third kappa shape index (κ3) is 3.14. The van der Waals surface area contributed by atoms with Gasteiger partial charge in [0, 0.05) is 6.07 Å². The summed E-state index contributed by atoms with van der Waals surface area (Å²) in [4.78, 5) is 9.34. The zero-order chi connectivity index (χ0) is 16.5. The number of nitro benzene ring substituents is 1. The molecule has 0 heterocycles. The van der Waals surface area contributed by atoms with Crippen LogP contribution in [0.25, 0.3) is 0 Å². The molecule has 0 spiro atoms. The van der Waals surface area contributed by atoms with Gasteiger partial charge in [0.1, 0.15) is 5.82 Å². The number of phenolic OH excluding ortho intramolecular Hbond substituents is 1.